The Bertz CT molecular complexity index is 719. The lowest BCUT2D eigenvalue weighted by atomic mass is 10.0. The first-order valence-electron chi connectivity index (χ1n) is 8.55. The van der Waals surface area contributed by atoms with Crippen molar-refractivity contribution >= 4 is 23.2 Å². The van der Waals surface area contributed by atoms with Gasteiger partial charge in [-0.3, -0.25) is 9.20 Å². The number of rotatable bonds is 4. The van der Waals surface area contributed by atoms with Gasteiger partial charge in [0.1, 0.15) is 0 Å². The predicted molar refractivity (Wildman–Crippen MR) is 98.8 cm³/mol. The van der Waals surface area contributed by atoms with Gasteiger partial charge in [-0.2, -0.15) is 0 Å². The van der Waals surface area contributed by atoms with Crippen LogP contribution in [0.3, 0.4) is 0 Å². The maximum atomic E-state index is 13.0. The number of carbonyl (C=O) groups is 1. The van der Waals surface area contributed by atoms with Gasteiger partial charge in [0, 0.05) is 38.4 Å². The lowest BCUT2D eigenvalue weighted by molar-refractivity contribution is 0.0612. The van der Waals surface area contributed by atoms with Crippen molar-refractivity contribution in [2.45, 2.75) is 43.9 Å². The molecule has 130 valence electrons. The Morgan fingerprint density at radius 2 is 2.04 bits per heavy atom. The number of aromatic nitrogens is 2. The SMILES string of the molecule is CSc1nc(C(=O)N(C)C2CCN(C(C)C)CC2)c2ccccn12. The van der Waals surface area contributed by atoms with Gasteiger partial charge in [-0.1, -0.05) is 17.8 Å². The molecule has 24 heavy (non-hydrogen) atoms. The molecular weight excluding hydrogens is 320 g/mol. The summed E-state index contributed by atoms with van der Waals surface area (Å²) in [5.41, 5.74) is 1.45. The first-order valence-corrected chi connectivity index (χ1v) is 9.77. The molecule has 1 saturated heterocycles. The summed E-state index contributed by atoms with van der Waals surface area (Å²) in [6.45, 7) is 6.58. The van der Waals surface area contributed by atoms with Crippen LogP contribution >= 0.6 is 11.8 Å². The molecule has 2 aromatic rings. The normalized spacial score (nSPS) is 16.9. The first kappa shape index (κ1) is 17.3. The summed E-state index contributed by atoms with van der Waals surface area (Å²) in [7, 11) is 1.92. The molecule has 1 aliphatic heterocycles. The molecular formula is C18H26N4OS. The van der Waals surface area contributed by atoms with Crippen LogP contribution in [0, 0.1) is 0 Å². The van der Waals surface area contributed by atoms with Gasteiger partial charge in [-0.15, -0.1) is 0 Å². The highest BCUT2D eigenvalue weighted by atomic mass is 32.2. The minimum atomic E-state index is 0.0296. The highest BCUT2D eigenvalue weighted by Gasteiger charge is 2.29. The summed E-state index contributed by atoms with van der Waals surface area (Å²) in [6, 6.07) is 6.77. The van der Waals surface area contributed by atoms with Crippen LogP contribution in [-0.2, 0) is 0 Å². The molecule has 6 heteroatoms. The molecule has 0 spiro atoms. The lowest BCUT2D eigenvalue weighted by Gasteiger charge is -2.38. The van der Waals surface area contributed by atoms with Gasteiger partial charge in [-0.25, -0.2) is 4.98 Å². The van der Waals surface area contributed by atoms with Crippen molar-refractivity contribution in [3.05, 3.63) is 30.1 Å². The highest BCUT2D eigenvalue weighted by Crippen LogP contribution is 2.23. The van der Waals surface area contributed by atoms with E-state index in [2.05, 4.69) is 23.7 Å². The van der Waals surface area contributed by atoms with E-state index in [1.54, 1.807) is 11.8 Å². The van der Waals surface area contributed by atoms with Crippen LogP contribution in [0.2, 0.25) is 0 Å². The minimum absolute atomic E-state index is 0.0296. The van der Waals surface area contributed by atoms with Gasteiger partial charge < -0.3 is 9.80 Å². The molecule has 3 rings (SSSR count). The van der Waals surface area contributed by atoms with E-state index in [0.29, 0.717) is 17.8 Å². The second-order valence-corrected chi connectivity index (χ2v) is 7.45. The third-order valence-corrected chi connectivity index (χ3v) is 5.65. The fraction of sp³-hybridized carbons (Fsp3) is 0.556. The monoisotopic (exact) mass is 346 g/mol. The second kappa shape index (κ2) is 7.15. The predicted octanol–water partition coefficient (Wildman–Crippen LogP) is 3.00. The van der Waals surface area contributed by atoms with Crippen molar-refractivity contribution < 1.29 is 4.79 Å². The number of thioether (sulfide) groups is 1. The van der Waals surface area contributed by atoms with Gasteiger partial charge in [0.2, 0.25) is 0 Å². The van der Waals surface area contributed by atoms with Gasteiger partial charge in [-0.05, 0) is 45.1 Å². The van der Waals surface area contributed by atoms with Gasteiger partial charge in [0.25, 0.3) is 5.91 Å². The molecule has 0 atom stereocenters. The van der Waals surface area contributed by atoms with Gasteiger partial charge in [0.05, 0.1) is 5.52 Å². The van der Waals surface area contributed by atoms with Crippen molar-refractivity contribution in [2.24, 2.45) is 0 Å². The lowest BCUT2D eigenvalue weighted by Crippen LogP contribution is -2.47. The molecule has 0 bridgehead atoms. The number of hydrogen-bond donors (Lipinski definition) is 0. The van der Waals surface area contributed by atoms with E-state index in [0.717, 1.165) is 36.6 Å². The number of nitrogens with zero attached hydrogens (tertiary/aromatic N) is 4. The van der Waals surface area contributed by atoms with Crippen LogP contribution in [0.1, 0.15) is 37.2 Å². The van der Waals surface area contributed by atoms with Crippen molar-refractivity contribution in [2.75, 3.05) is 26.4 Å². The van der Waals surface area contributed by atoms with Crippen LogP contribution in [0.15, 0.2) is 29.6 Å². The molecule has 1 fully saturated rings. The summed E-state index contributed by atoms with van der Waals surface area (Å²) in [6.07, 6.45) is 6.01. The quantitative estimate of drug-likeness (QED) is 0.798. The molecule has 0 radical (unpaired) electrons. The van der Waals surface area contributed by atoms with Crippen LogP contribution < -0.4 is 0 Å². The Hall–Kier alpha value is -1.53. The number of fused-ring (bicyclic) bond motifs is 1. The average Bonchev–Trinajstić information content (AvgIpc) is 2.99. The van der Waals surface area contributed by atoms with Gasteiger partial charge >= 0.3 is 0 Å². The zero-order valence-corrected chi connectivity index (χ0v) is 15.7. The largest absolute Gasteiger partial charge is 0.337 e. The molecule has 0 saturated carbocycles. The molecule has 0 unspecified atom stereocenters. The molecule has 2 aromatic heterocycles. The number of likely N-dealkylation sites (tertiary alicyclic amines) is 1. The molecule has 1 aliphatic rings. The van der Waals surface area contributed by atoms with E-state index < -0.39 is 0 Å². The third kappa shape index (κ3) is 3.17. The average molecular weight is 347 g/mol. The number of hydrogen-bond acceptors (Lipinski definition) is 4. The Labute approximate surface area is 148 Å². The van der Waals surface area contributed by atoms with E-state index in [1.165, 1.54) is 0 Å². The van der Waals surface area contributed by atoms with E-state index in [9.17, 15) is 4.79 Å². The number of imidazole rings is 1. The number of piperidine rings is 1. The van der Waals surface area contributed by atoms with Crippen LogP contribution in [0.5, 0.6) is 0 Å². The zero-order valence-electron chi connectivity index (χ0n) is 14.9. The first-order chi connectivity index (χ1) is 11.5. The molecule has 0 aliphatic carbocycles. The van der Waals surface area contributed by atoms with Crippen LogP contribution in [0.25, 0.3) is 5.52 Å². The molecule has 0 N–H and O–H groups in total. The standard InChI is InChI=1S/C18H26N4OS/c1-13(2)21-11-8-14(9-12-21)20(3)17(23)16-15-7-5-6-10-22(15)18(19-16)24-4/h5-7,10,13-14H,8-9,11-12H2,1-4H3. The maximum absolute atomic E-state index is 13.0. The van der Waals surface area contributed by atoms with Crippen LogP contribution in [0.4, 0.5) is 0 Å². The molecule has 3 heterocycles. The highest BCUT2D eigenvalue weighted by molar-refractivity contribution is 7.98. The summed E-state index contributed by atoms with van der Waals surface area (Å²) >= 11 is 1.56. The number of pyridine rings is 1. The van der Waals surface area contributed by atoms with E-state index in [1.807, 2.05) is 47.0 Å². The topological polar surface area (TPSA) is 40.9 Å². The number of amides is 1. The van der Waals surface area contributed by atoms with Crippen molar-refractivity contribution in [3.8, 4) is 0 Å². The summed E-state index contributed by atoms with van der Waals surface area (Å²) in [5.74, 6) is 0.0296. The van der Waals surface area contributed by atoms with Crippen molar-refractivity contribution in [3.63, 3.8) is 0 Å². The Balaban J connectivity index is 1.80. The summed E-state index contributed by atoms with van der Waals surface area (Å²) in [4.78, 5) is 22.0. The van der Waals surface area contributed by atoms with E-state index >= 15 is 0 Å². The maximum Gasteiger partial charge on any atom is 0.274 e. The molecule has 1 amide bonds. The smallest absolute Gasteiger partial charge is 0.274 e. The second-order valence-electron chi connectivity index (χ2n) is 6.68. The Morgan fingerprint density at radius 3 is 2.67 bits per heavy atom. The molecule has 5 nitrogen and oxygen atoms in total. The Morgan fingerprint density at radius 1 is 1.33 bits per heavy atom. The zero-order chi connectivity index (χ0) is 17.3. The van der Waals surface area contributed by atoms with Gasteiger partial charge in [0.15, 0.2) is 10.9 Å². The van der Waals surface area contributed by atoms with Crippen molar-refractivity contribution in [1.29, 1.82) is 0 Å². The van der Waals surface area contributed by atoms with Crippen LogP contribution in [-0.4, -0.2) is 63.6 Å². The van der Waals surface area contributed by atoms with E-state index in [4.69, 9.17) is 0 Å². The fourth-order valence-electron chi connectivity index (χ4n) is 3.43. The third-order valence-electron chi connectivity index (χ3n) is 5.00. The fourth-order valence-corrected chi connectivity index (χ4v) is 3.97. The number of carbonyl (C=O) groups excluding carboxylic acids is 1. The minimum Gasteiger partial charge on any atom is -0.337 e. The summed E-state index contributed by atoms with van der Waals surface area (Å²) in [5, 5.41) is 0.858. The molecule has 0 aromatic carbocycles. The summed E-state index contributed by atoms with van der Waals surface area (Å²) < 4.78 is 1.99. The van der Waals surface area contributed by atoms with Crippen molar-refractivity contribution in [1.82, 2.24) is 19.2 Å². The van der Waals surface area contributed by atoms with E-state index in [-0.39, 0.29) is 5.91 Å². The Kier molecular flexibility index (Phi) is 5.15.